The standard InChI is InChI=1S/C7H7.Fe.2HNO2/c1-7-5-3-2-4-6-7;;2*2-1-3/h2-5H,1H3;;2*(H,2,3)/q-1;+3;;/p-2. The van der Waals surface area contributed by atoms with Crippen LogP contribution in [0.5, 0.6) is 0 Å². The van der Waals surface area contributed by atoms with Gasteiger partial charge >= 0.3 is 17.1 Å². The molecule has 0 N–H and O–H groups in total. The van der Waals surface area contributed by atoms with Gasteiger partial charge in [0.05, 0.1) is 0 Å². The molecule has 0 aliphatic carbocycles. The minimum Gasteiger partial charge on any atom is -0.444 e. The summed E-state index contributed by atoms with van der Waals surface area (Å²) in [6, 6.07) is 10.9. The van der Waals surface area contributed by atoms with E-state index in [4.69, 9.17) is 20.2 Å². The average Bonchev–Trinajstić information content (AvgIpc) is 2.08. The predicted octanol–water partition coefficient (Wildman–Crippen LogP) is 2.29. The van der Waals surface area contributed by atoms with Crippen molar-refractivity contribution in [1.82, 2.24) is 0 Å². The van der Waals surface area contributed by atoms with Crippen molar-refractivity contribution in [3.8, 4) is 0 Å². The van der Waals surface area contributed by atoms with Crippen LogP contribution in [0.15, 0.2) is 34.9 Å². The first-order chi connectivity index (χ1) is 6.22. The van der Waals surface area contributed by atoms with Crippen LogP contribution in [0.4, 0.5) is 0 Å². The van der Waals surface area contributed by atoms with E-state index in [1.807, 2.05) is 31.2 Å². The van der Waals surface area contributed by atoms with Crippen LogP contribution in [0.25, 0.3) is 0 Å². The molecule has 0 atom stereocenters. The molecule has 1 rings (SSSR count). The number of benzene rings is 1. The number of rotatable bonds is 0. The molecule has 0 fully saturated rings. The Bertz CT molecular complexity index is 214. The fourth-order valence-corrected chi connectivity index (χ4v) is 0.483. The Kier molecular flexibility index (Phi) is 23.0. The van der Waals surface area contributed by atoms with Gasteiger partial charge in [0.1, 0.15) is 0 Å². The molecular formula is C7H7FeN2O4. The molecule has 0 saturated heterocycles. The molecule has 0 spiro atoms. The zero-order valence-electron chi connectivity index (χ0n) is 7.19. The van der Waals surface area contributed by atoms with Crippen LogP contribution in [0.3, 0.4) is 0 Å². The normalized spacial score (nSPS) is 6.07. The molecule has 14 heavy (non-hydrogen) atoms. The van der Waals surface area contributed by atoms with Crippen molar-refractivity contribution in [2.75, 3.05) is 0 Å². The summed E-state index contributed by atoms with van der Waals surface area (Å²) < 4.78 is 0. The van der Waals surface area contributed by atoms with Gasteiger partial charge < -0.3 is 20.2 Å². The van der Waals surface area contributed by atoms with Crippen molar-refractivity contribution >= 4 is 0 Å². The van der Waals surface area contributed by atoms with Crippen LogP contribution >= 0.6 is 0 Å². The van der Waals surface area contributed by atoms with E-state index in [9.17, 15) is 0 Å². The zero-order chi connectivity index (χ0) is 10.5. The summed E-state index contributed by atoms with van der Waals surface area (Å²) in [5, 5.41) is 18.0. The van der Waals surface area contributed by atoms with Crippen LogP contribution < -0.4 is 0 Å². The van der Waals surface area contributed by atoms with Crippen LogP contribution in [0, 0.1) is 33.2 Å². The molecular weight excluding hydrogens is 232 g/mol. The molecule has 1 radical (unpaired) electrons. The quantitative estimate of drug-likeness (QED) is 0.299. The summed E-state index contributed by atoms with van der Waals surface area (Å²) >= 11 is 0. The van der Waals surface area contributed by atoms with Gasteiger partial charge in [-0.2, -0.15) is 35.9 Å². The Labute approximate surface area is 91.3 Å². The topological polar surface area (TPSA) is 105 Å². The first-order valence-electron chi connectivity index (χ1n) is 3.06. The maximum atomic E-state index is 8.00. The van der Waals surface area contributed by atoms with Crippen molar-refractivity contribution in [3.05, 3.63) is 56.1 Å². The molecule has 0 saturated carbocycles. The molecule has 0 bridgehead atoms. The Morgan fingerprint density at radius 2 is 1.64 bits per heavy atom. The molecule has 0 heterocycles. The van der Waals surface area contributed by atoms with Crippen molar-refractivity contribution in [3.63, 3.8) is 0 Å². The second kappa shape index (κ2) is 17.6. The Morgan fingerprint density at radius 1 is 1.21 bits per heavy atom. The summed E-state index contributed by atoms with van der Waals surface area (Å²) in [6.07, 6.45) is 0. The van der Waals surface area contributed by atoms with Crippen molar-refractivity contribution in [2.24, 2.45) is 10.7 Å². The zero-order valence-corrected chi connectivity index (χ0v) is 8.29. The van der Waals surface area contributed by atoms with E-state index in [2.05, 4.69) is 6.07 Å². The summed E-state index contributed by atoms with van der Waals surface area (Å²) in [6.45, 7) is 2.03. The van der Waals surface area contributed by atoms with Gasteiger partial charge in [-0.3, -0.25) is 0 Å². The molecule has 77 valence electrons. The Hall–Kier alpha value is -1.46. The number of hydrogen-bond acceptors (Lipinski definition) is 6. The fourth-order valence-electron chi connectivity index (χ4n) is 0.483. The van der Waals surface area contributed by atoms with Gasteiger partial charge in [-0.25, -0.2) is 0 Å². The van der Waals surface area contributed by atoms with Crippen molar-refractivity contribution < 1.29 is 17.1 Å². The van der Waals surface area contributed by atoms with Gasteiger partial charge in [-0.05, 0) is 0 Å². The first kappa shape index (κ1) is 18.3. The van der Waals surface area contributed by atoms with Gasteiger partial charge in [0, 0.05) is 0 Å². The number of hydrogen-bond donors (Lipinski definition) is 0. The molecule has 1 aromatic rings. The predicted molar refractivity (Wildman–Crippen MR) is 48.3 cm³/mol. The van der Waals surface area contributed by atoms with Gasteiger partial charge in [0.15, 0.2) is 0 Å². The first-order valence-corrected chi connectivity index (χ1v) is 3.06. The van der Waals surface area contributed by atoms with Crippen LogP contribution in [0.1, 0.15) is 5.56 Å². The molecule has 0 unspecified atom stereocenters. The average molecular weight is 239 g/mol. The number of aryl methyl sites for hydroxylation is 1. The third kappa shape index (κ3) is 22.4. The molecule has 0 aromatic heterocycles. The van der Waals surface area contributed by atoms with Crippen molar-refractivity contribution in [2.45, 2.75) is 6.92 Å². The summed E-state index contributed by atoms with van der Waals surface area (Å²) in [5.41, 5.74) is 1.20. The maximum absolute atomic E-state index is 8.00. The van der Waals surface area contributed by atoms with Gasteiger partial charge in [-0.15, -0.1) is 10.7 Å². The fraction of sp³-hybridized carbons (Fsp3) is 0.143. The van der Waals surface area contributed by atoms with E-state index < -0.39 is 0 Å². The third-order valence-corrected chi connectivity index (χ3v) is 0.865. The largest absolute Gasteiger partial charge is 3.00 e. The molecule has 1 aromatic carbocycles. The molecule has 0 aliphatic heterocycles. The van der Waals surface area contributed by atoms with E-state index in [1.54, 1.807) is 0 Å². The maximum Gasteiger partial charge on any atom is 3.00 e. The number of nitrogens with zero attached hydrogens (tertiary/aromatic N) is 2. The van der Waals surface area contributed by atoms with E-state index in [1.165, 1.54) is 5.56 Å². The van der Waals surface area contributed by atoms with Crippen LogP contribution in [-0.2, 0) is 17.1 Å². The summed E-state index contributed by atoms with van der Waals surface area (Å²) in [5.74, 6) is 0. The van der Waals surface area contributed by atoms with E-state index >= 15 is 0 Å². The Balaban J connectivity index is -0.000000150. The van der Waals surface area contributed by atoms with Gasteiger partial charge in [0.2, 0.25) is 0 Å². The minimum atomic E-state index is 0. The molecule has 6 nitrogen and oxygen atoms in total. The monoisotopic (exact) mass is 239 g/mol. The van der Waals surface area contributed by atoms with Crippen LogP contribution in [-0.4, -0.2) is 0 Å². The van der Waals surface area contributed by atoms with Crippen LogP contribution in [0.2, 0.25) is 0 Å². The molecule has 0 amide bonds. The smallest absolute Gasteiger partial charge is 0.444 e. The van der Waals surface area contributed by atoms with E-state index in [-0.39, 0.29) is 17.1 Å². The molecule has 7 heteroatoms. The van der Waals surface area contributed by atoms with Gasteiger partial charge in [-0.1, -0.05) is 6.92 Å². The summed E-state index contributed by atoms with van der Waals surface area (Å²) in [7, 11) is 0. The van der Waals surface area contributed by atoms with E-state index in [0.29, 0.717) is 0 Å². The summed E-state index contributed by atoms with van der Waals surface area (Å²) in [4.78, 5) is 16.0. The minimum absolute atomic E-state index is 0. The SMILES string of the molecule is Cc1[c-]cccc1.O=N[O-].O=N[O-].[Fe+3]. The van der Waals surface area contributed by atoms with Crippen molar-refractivity contribution in [1.29, 1.82) is 0 Å². The molecule has 0 aliphatic rings. The second-order valence-corrected chi connectivity index (χ2v) is 1.69. The third-order valence-electron chi connectivity index (χ3n) is 0.865. The second-order valence-electron chi connectivity index (χ2n) is 1.69. The Morgan fingerprint density at radius 3 is 1.79 bits per heavy atom. The van der Waals surface area contributed by atoms with E-state index in [0.717, 1.165) is 10.7 Å². The van der Waals surface area contributed by atoms with Gasteiger partial charge in [0.25, 0.3) is 0 Å².